The van der Waals surface area contributed by atoms with E-state index in [2.05, 4.69) is 30.0 Å². The molecule has 108 valence electrons. The lowest BCUT2D eigenvalue weighted by atomic mass is 9.89. The second kappa shape index (κ2) is 4.77. The zero-order chi connectivity index (χ0) is 14.3. The Labute approximate surface area is 120 Å². The van der Waals surface area contributed by atoms with E-state index in [1.54, 1.807) is 0 Å². The summed E-state index contributed by atoms with van der Waals surface area (Å²) in [4.78, 5) is 14.1. The van der Waals surface area contributed by atoms with Gasteiger partial charge in [0, 0.05) is 18.3 Å². The van der Waals surface area contributed by atoms with Crippen LogP contribution in [0.2, 0.25) is 0 Å². The normalized spacial score (nSPS) is 24.9. The largest absolute Gasteiger partial charge is 0.368 e. The fourth-order valence-electron chi connectivity index (χ4n) is 3.29. The summed E-state index contributed by atoms with van der Waals surface area (Å²) in [5.41, 5.74) is 13.6. The summed E-state index contributed by atoms with van der Waals surface area (Å²) < 4.78 is 0. The molecule has 0 radical (unpaired) electrons. The summed E-state index contributed by atoms with van der Waals surface area (Å²) in [6.45, 7) is 2.73. The number of nitrogens with two attached hydrogens (primary N) is 2. The van der Waals surface area contributed by atoms with Crippen LogP contribution >= 0.6 is 0 Å². The Morgan fingerprint density at radius 3 is 2.70 bits per heavy atom. The van der Waals surface area contributed by atoms with Crippen molar-refractivity contribution in [3.05, 3.63) is 29.8 Å². The molecule has 1 aromatic rings. The van der Waals surface area contributed by atoms with E-state index in [0.29, 0.717) is 12.6 Å². The van der Waals surface area contributed by atoms with Gasteiger partial charge in [-0.25, -0.2) is 0 Å². The predicted molar refractivity (Wildman–Crippen MR) is 80.4 cm³/mol. The highest BCUT2D eigenvalue weighted by atomic mass is 16.1. The maximum atomic E-state index is 11.9. The van der Waals surface area contributed by atoms with Crippen molar-refractivity contribution < 1.29 is 4.79 Å². The topological polar surface area (TPSA) is 72.3 Å². The number of carbonyl (C=O) groups is 1. The van der Waals surface area contributed by atoms with Crippen molar-refractivity contribution in [3.8, 4) is 0 Å². The van der Waals surface area contributed by atoms with Crippen LogP contribution in [0, 0.1) is 5.92 Å². The van der Waals surface area contributed by atoms with E-state index < -0.39 is 5.54 Å². The highest BCUT2D eigenvalue weighted by Gasteiger charge is 2.48. The number of hydrogen-bond donors (Lipinski definition) is 2. The second-order valence-electron chi connectivity index (χ2n) is 6.32. The quantitative estimate of drug-likeness (QED) is 0.871. The number of fused-ring (bicyclic) bond motifs is 1. The minimum Gasteiger partial charge on any atom is -0.368 e. The molecule has 0 spiro atoms. The first kappa shape index (κ1) is 13.4. The summed E-state index contributed by atoms with van der Waals surface area (Å²) in [6.07, 6.45) is 4.22. The third kappa shape index (κ3) is 2.18. The Kier molecular flexibility index (Phi) is 3.21. The van der Waals surface area contributed by atoms with Crippen molar-refractivity contribution >= 4 is 11.6 Å². The first-order valence-electron chi connectivity index (χ1n) is 7.45. The van der Waals surface area contributed by atoms with Crippen molar-refractivity contribution in [1.29, 1.82) is 0 Å². The van der Waals surface area contributed by atoms with Crippen LogP contribution in [0.3, 0.4) is 0 Å². The Morgan fingerprint density at radius 1 is 1.35 bits per heavy atom. The molecule has 2 aliphatic rings. The molecule has 20 heavy (non-hydrogen) atoms. The first-order valence-corrected chi connectivity index (χ1v) is 7.45. The lowest BCUT2D eigenvalue weighted by molar-refractivity contribution is -0.123. The van der Waals surface area contributed by atoms with Gasteiger partial charge in [-0.1, -0.05) is 18.2 Å². The van der Waals surface area contributed by atoms with Gasteiger partial charge in [0.05, 0.1) is 0 Å². The number of nitrogens with zero attached hydrogens (tertiary/aromatic N) is 1. The van der Waals surface area contributed by atoms with Crippen LogP contribution in [0.5, 0.6) is 0 Å². The molecule has 2 unspecified atom stereocenters. The molecule has 1 saturated carbocycles. The van der Waals surface area contributed by atoms with Gasteiger partial charge < -0.3 is 16.4 Å². The number of anilines is 1. The van der Waals surface area contributed by atoms with Crippen molar-refractivity contribution in [3.63, 3.8) is 0 Å². The molecule has 1 fully saturated rings. The van der Waals surface area contributed by atoms with Crippen molar-refractivity contribution in [1.82, 2.24) is 0 Å². The van der Waals surface area contributed by atoms with E-state index in [9.17, 15) is 4.79 Å². The van der Waals surface area contributed by atoms with Gasteiger partial charge in [-0.15, -0.1) is 0 Å². The number of primary amides is 1. The van der Waals surface area contributed by atoms with E-state index >= 15 is 0 Å². The third-order valence-electron chi connectivity index (χ3n) is 4.86. The molecule has 1 aliphatic carbocycles. The Hall–Kier alpha value is -1.55. The average molecular weight is 273 g/mol. The molecular formula is C16H23N3O. The van der Waals surface area contributed by atoms with Crippen LogP contribution in [0.4, 0.5) is 5.69 Å². The minimum atomic E-state index is -0.890. The lowest BCUT2D eigenvalue weighted by Gasteiger charge is -2.42. The Morgan fingerprint density at radius 2 is 2.05 bits per heavy atom. The van der Waals surface area contributed by atoms with Gasteiger partial charge >= 0.3 is 0 Å². The van der Waals surface area contributed by atoms with E-state index in [0.717, 1.165) is 25.7 Å². The minimum absolute atomic E-state index is 0.251. The standard InChI is InChI=1S/C16H23N3O/c1-11-6-7-12-4-2-3-5-14(12)19(11)10-16(18,15(17)20)13-8-9-13/h2-5,11,13H,6-10,18H2,1H3,(H2,17,20). The van der Waals surface area contributed by atoms with Crippen molar-refractivity contribution in [2.24, 2.45) is 17.4 Å². The Balaban J connectivity index is 1.91. The average Bonchev–Trinajstić information content (AvgIpc) is 3.26. The van der Waals surface area contributed by atoms with Gasteiger partial charge in [-0.2, -0.15) is 0 Å². The molecule has 2 atom stereocenters. The van der Waals surface area contributed by atoms with Crippen LogP contribution in [0.15, 0.2) is 24.3 Å². The van der Waals surface area contributed by atoms with Crippen molar-refractivity contribution in [2.75, 3.05) is 11.4 Å². The van der Waals surface area contributed by atoms with Crippen LogP contribution in [0.25, 0.3) is 0 Å². The first-order chi connectivity index (χ1) is 9.52. The number of benzene rings is 1. The number of aryl methyl sites for hydroxylation is 1. The molecule has 0 aromatic heterocycles. The fourth-order valence-corrected chi connectivity index (χ4v) is 3.29. The number of amides is 1. The molecule has 4 heteroatoms. The summed E-state index contributed by atoms with van der Waals surface area (Å²) in [5.74, 6) is -0.114. The van der Waals surface area contributed by atoms with Gasteiger partial charge in [0.2, 0.25) is 5.91 Å². The fraction of sp³-hybridized carbons (Fsp3) is 0.562. The SMILES string of the molecule is CC1CCc2ccccc2N1CC(N)(C(N)=O)C1CC1. The molecule has 1 aromatic carbocycles. The number of rotatable bonds is 4. The highest BCUT2D eigenvalue weighted by molar-refractivity contribution is 5.86. The molecule has 4 N–H and O–H groups in total. The van der Waals surface area contributed by atoms with Crippen LogP contribution < -0.4 is 16.4 Å². The maximum Gasteiger partial charge on any atom is 0.239 e. The molecular weight excluding hydrogens is 250 g/mol. The highest BCUT2D eigenvalue weighted by Crippen LogP contribution is 2.40. The zero-order valence-electron chi connectivity index (χ0n) is 12.0. The van der Waals surface area contributed by atoms with E-state index in [4.69, 9.17) is 11.5 Å². The van der Waals surface area contributed by atoms with E-state index in [-0.39, 0.29) is 11.8 Å². The summed E-state index contributed by atoms with van der Waals surface area (Å²) in [5, 5.41) is 0. The van der Waals surface area contributed by atoms with Gasteiger partial charge in [-0.3, -0.25) is 4.79 Å². The monoisotopic (exact) mass is 273 g/mol. The molecule has 3 rings (SSSR count). The van der Waals surface area contributed by atoms with Gasteiger partial charge in [0.1, 0.15) is 5.54 Å². The van der Waals surface area contributed by atoms with Gasteiger partial charge in [0.15, 0.2) is 0 Å². The molecule has 1 heterocycles. The van der Waals surface area contributed by atoms with Crippen LogP contribution in [0.1, 0.15) is 31.7 Å². The molecule has 1 amide bonds. The predicted octanol–water partition coefficient (Wildman–Crippen LogP) is 1.42. The molecule has 4 nitrogen and oxygen atoms in total. The summed E-state index contributed by atoms with van der Waals surface area (Å²) in [6, 6.07) is 8.79. The van der Waals surface area contributed by atoms with Crippen molar-refractivity contribution in [2.45, 2.75) is 44.2 Å². The molecule has 0 bridgehead atoms. The molecule has 1 aliphatic heterocycles. The second-order valence-corrected chi connectivity index (χ2v) is 6.32. The maximum absolute atomic E-state index is 11.9. The van der Waals surface area contributed by atoms with Crippen LogP contribution in [-0.2, 0) is 11.2 Å². The summed E-state index contributed by atoms with van der Waals surface area (Å²) >= 11 is 0. The number of para-hydroxylation sites is 1. The third-order valence-corrected chi connectivity index (χ3v) is 4.86. The molecule has 0 saturated heterocycles. The van der Waals surface area contributed by atoms with Crippen LogP contribution in [-0.4, -0.2) is 24.0 Å². The van der Waals surface area contributed by atoms with Gasteiger partial charge in [0.25, 0.3) is 0 Å². The Bertz CT molecular complexity index is 526. The smallest absolute Gasteiger partial charge is 0.239 e. The number of hydrogen-bond acceptors (Lipinski definition) is 3. The van der Waals surface area contributed by atoms with E-state index in [1.165, 1.54) is 11.3 Å². The summed E-state index contributed by atoms with van der Waals surface area (Å²) in [7, 11) is 0. The zero-order valence-corrected chi connectivity index (χ0v) is 12.0. The lowest BCUT2D eigenvalue weighted by Crippen LogP contribution is -2.62. The van der Waals surface area contributed by atoms with E-state index in [1.807, 2.05) is 6.07 Å². The number of carbonyl (C=O) groups excluding carboxylic acids is 1. The van der Waals surface area contributed by atoms with Gasteiger partial charge in [-0.05, 0) is 50.2 Å².